The highest BCUT2D eigenvalue weighted by Gasteiger charge is 2.42. The van der Waals surface area contributed by atoms with Gasteiger partial charge in [-0.15, -0.1) is 0 Å². The van der Waals surface area contributed by atoms with Gasteiger partial charge >= 0.3 is 0 Å². The summed E-state index contributed by atoms with van der Waals surface area (Å²) in [4.78, 5) is 31.0. The molecule has 1 atom stereocenters. The van der Waals surface area contributed by atoms with Gasteiger partial charge in [0, 0.05) is 6.42 Å². The lowest BCUT2D eigenvalue weighted by Crippen LogP contribution is -2.31. The molecule has 7 nitrogen and oxygen atoms in total. The van der Waals surface area contributed by atoms with Crippen LogP contribution in [0.2, 0.25) is 0 Å². The van der Waals surface area contributed by atoms with Gasteiger partial charge in [-0.3, -0.25) is 9.59 Å². The van der Waals surface area contributed by atoms with Crippen LogP contribution in [-0.2, 0) is 9.59 Å². The summed E-state index contributed by atoms with van der Waals surface area (Å²) in [5, 5.41) is 18.8. The highest BCUT2D eigenvalue weighted by molar-refractivity contribution is 8.00. The van der Waals surface area contributed by atoms with Crippen molar-refractivity contribution in [3.05, 3.63) is 46.5 Å². The Labute approximate surface area is 172 Å². The number of nitriles is 2. The van der Waals surface area contributed by atoms with Crippen LogP contribution in [0, 0.1) is 29.6 Å². The number of rotatable bonds is 4. The average molecular weight is 403 g/mol. The van der Waals surface area contributed by atoms with Crippen LogP contribution in [0.3, 0.4) is 0 Å². The number of aryl methyl sites for hydroxylation is 1. The van der Waals surface area contributed by atoms with E-state index in [1.807, 2.05) is 19.1 Å². The van der Waals surface area contributed by atoms with Gasteiger partial charge in [0.15, 0.2) is 0 Å². The molecule has 2 fully saturated rings. The molecule has 0 unspecified atom stereocenters. The molecule has 2 heterocycles. The van der Waals surface area contributed by atoms with Crippen molar-refractivity contribution in [1.29, 1.82) is 10.5 Å². The van der Waals surface area contributed by atoms with Crippen LogP contribution in [0.25, 0.3) is 0 Å². The van der Waals surface area contributed by atoms with Crippen molar-refractivity contribution in [3.63, 3.8) is 0 Å². The molecule has 2 aliphatic rings. The highest BCUT2D eigenvalue weighted by Crippen LogP contribution is 2.47. The number of hydrogen-bond acceptors (Lipinski definition) is 7. The number of aromatic nitrogens is 1. The Morgan fingerprint density at radius 1 is 1.17 bits per heavy atom. The predicted molar refractivity (Wildman–Crippen MR) is 108 cm³/mol. The Hall–Kier alpha value is -3.36. The van der Waals surface area contributed by atoms with Gasteiger partial charge in [-0.25, -0.2) is 9.88 Å². The zero-order chi connectivity index (χ0) is 20.7. The van der Waals surface area contributed by atoms with Gasteiger partial charge in [-0.2, -0.15) is 10.5 Å². The topological polar surface area (TPSA) is 124 Å². The average Bonchev–Trinajstić information content (AvgIpc) is 3.49. The lowest BCUT2D eigenvalue weighted by atomic mass is 10.0. The molecule has 8 heteroatoms. The van der Waals surface area contributed by atoms with Crippen molar-refractivity contribution in [2.24, 2.45) is 0 Å². The summed E-state index contributed by atoms with van der Waals surface area (Å²) < 4.78 is 0. The second-order valence-corrected chi connectivity index (χ2v) is 8.32. The third-order valence-corrected chi connectivity index (χ3v) is 6.33. The van der Waals surface area contributed by atoms with Gasteiger partial charge in [0.05, 0.1) is 22.1 Å². The molecule has 0 spiro atoms. The fourth-order valence-electron chi connectivity index (χ4n) is 3.59. The van der Waals surface area contributed by atoms with E-state index in [1.54, 1.807) is 12.1 Å². The lowest BCUT2D eigenvalue weighted by Gasteiger charge is -2.17. The van der Waals surface area contributed by atoms with E-state index in [1.165, 1.54) is 4.90 Å². The summed E-state index contributed by atoms with van der Waals surface area (Å²) in [6.07, 6.45) is 1.79. The van der Waals surface area contributed by atoms with E-state index in [0.29, 0.717) is 16.3 Å². The molecule has 144 valence electrons. The number of nitrogens with two attached hydrogens (primary N) is 1. The Morgan fingerprint density at radius 2 is 1.86 bits per heavy atom. The Bertz CT molecular complexity index is 1130. The fourth-order valence-corrected chi connectivity index (χ4v) is 4.71. The minimum Gasteiger partial charge on any atom is -0.383 e. The van der Waals surface area contributed by atoms with Crippen LogP contribution in [0.5, 0.6) is 0 Å². The van der Waals surface area contributed by atoms with E-state index >= 15 is 0 Å². The molecule has 1 aliphatic carbocycles. The van der Waals surface area contributed by atoms with Crippen LogP contribution in [0.4, 0.5) is 11.5 Å². The molecule has 29 heavy (non-hydrogen) atoms. The van der Waals surface area contributed by atoms with Gasteiger partial charge in [-0.05, 0) is 42.9 Å². The minimum absolute atomic E-state index is 0.0169. The SMILES string of the molecule is Cc1ccccc1N1C(=O)C[C@H](Sc2nc(N)c(C#N)c(C3CC3)c2C#N)C1=O. The number of nitrogen functional groups attached to an aromatic ring is 1. The molecule has 2 N–H and O–H groups in total. The van der Waals surface area contributed by atoms with Crippen LogP contribution in [-0.4, -0.2) is 22.0 Å². The maximum absolute atomic E-state index is 13.0. The monoisotopic (exact) mass is 403 g/mol. The van der Waals surface area contributed by atoms with E-state index in [9.17, 15) is 20.1 Å². The second kappa shape index (κ2) is 7.23. The number of carbonyl (C=O) groups excluding carboxylic acids is 2. The first-order valence-electron chi connectivity index (χ1n) is 9.18. The summed E-state index contributed by atoms with van der Waals surface area (Å²) in [5.41, 5.74) is 8.52. The van der Waals surface area contributed by atoms with Crippen molar-refractivity contribution in [1.82, 2.24) is 4.98 Å². The first-order chi connectivity index (χ1) is 14.0. The number of imide groups is 1. The Morgan fingerprint density at radius 3 is 2.48 bits per heavy atom. The molecule has 0 bridgehead atoms. The third kappa shape index (κ3) is 3.22. The summed E-state index contributed by atoms with van der Waals surface area (Å²) in [6, 6.07) is 11.4. The highest BCUT2D eigenvalue weighted by atomic mass is 32.2. The molecule has 1 saturated heterocycles. The number of thioether (sulfide) groups is 1. The van der Waals surface area contributed by atoms with Crippen molar-refractivity contribution in [3.8, 4) is 12.1 Å². The first kappa shape index (κ1) is 19.0. The zero-order valence-corrected chi connectivity index (χ0v) is 16.5. The number of benzene rings is 1. The largest absolute Gasteiger partial charge is 0.383 e. The molecular formula is C21H17N5O2S. The van der Waals surface area contributed by atoms with Crippen LogP contribution < -0.4 is 10.6 Å². The predicted octanol–water partition coefficient (Wildman–Crippen LogP) is 3.02. The second-order valence-electron chi connectivity index (χ2n) is 7.13. The molecule has 4 rings (SSSR count). The molecule has 1 aliphatic heterocycles. The number of para-hydroxylation sites is 1. The first-order valence-corrected chi connectivity index (χ1v) is 10.1. The van der Waals surface area contributed by atoms with E-state index in [4.69, 9.17) is 5.73 Å². The minimum atomic E-state index is -0.693. The van der Waals surface area contributed by atoms with E-state index in [0.717, 1.165) is 30.2 Å². The lowest BCUT2D eigenvalue weighted by molar-refractivity contribution is -0.121. The number of carbonyl (C=O) groups is 2. The van der Waals surface area contributed by atoms with E-state index in [-0.39, 0.29) is 41.1 Å². The number of hydrogen-bond donors (Lipinski definition) is 1. The van der Waals surface area contributed by atoms with Crippen molar-refractivity contribution in [2.45, 2.75) is 42.4 Å². The smallest absolute Gasteiger partial charge is 0.247 e. The fraction of sp³-hybridized carbons (Fsp3) is 0.286. The van der Waals surface area contributed by atoms with Crippen molar-refractivity contribution >= 4 is 35.1 Å². The molecule has 1 aromatic heterocycles. The maximum Gasteiger partial charge on any atom is 0.247 e. The Balaban J connectivity index is 1.70. The van der Waals surface area contributed by atoms with E-state index in [2.05, 4.69) is 17.1 Å². The number of pyridine rings is 1. The number of amides is 2. The zero-order valence-electron chi connectivity index (χ0n) is 15.7. The van der Waals surface area contributed by atoms with Crippen LogP contribution in [0.15, 0.2) is 29.3 Å². The van der Waals surface area contributed by atoms with Crippen LogP contribution in [0.1, 0.15) is 47.4 Å². The van der Waals surface area contributed by atoms with Crippen LogP contribution >= 0.6 is 11.8 Å². The quantitative estimate of drug-likeness (QED) is 0.778. The maximum atomic E-state index is 13.0. The van der Waals surface area contributed by atoms with Crippen molar-refractivity contribution < 1.29 is 9.59 Å². The summed E-state index contributed by atoms with van der Waals surface area (Å²) in [7, 11) is 0. The molecular weight excluding hydrogens is 386 g/mol. The van der Waals surface area contributed by atoms with Gasteiger partial charge < -0.3 is 5.73 Å². The molecule has 2 amide bonds. The van der Waals surface area contributed by atoms with Crippen molar-refractivity contribution in [2.75, 3.05) is 10.6 Å². The van der Waals surface area contributed by atoms with E-state index < -0.39 is 5.25 Å². The molecule has 1 saturated carbocycles. The number of anilines is 2. The van der Waals surface area contributed by atoms with Gasteiger partial charge in [0.1, 0.15) is 23.0 Å². The molecule has 1 aromatic carbocycles. The normalized spacial score (nSPS) is 18.6. The van der Waals surface area contributed by atoms with Gasteiger partial charge in [0.25, 0.3) is 0 Å². The Kier molecular flexibility index (Phi) is 4.73. The molecule has 2 aromatic rings. The molecule has 0 radical (unpaired) electrons. The summed E-state index contributed by atoms with van der Waals surface area (Å²) in [5.74, 6) is -0.447. The summed E-state index contributed by atoms with van der Waals surface area (Å²) >= 11 is 1.08. The third-order valence-electron chi connectivity index (χ3n) is 5.16. The van der Waals surface area contributed by atoms with Gasteiger partial charge in [0.2, 0.25) is 11.8 Å². The summed E-state index contributed by atoms with van der Waals surface area (Å²) in [6.45, 7) is 1.84. The number of nitrogens with zero attached hydrogens (tertiary/aromatic N) is 4. The van der Waals surface area contributed by atoms with Gasteiger partial charge in [-0.1, -0.05) is 30.0 Å². The standard InChI is InChI=1S/C21H17N5O2S/c1-11-4-2-3-5-15(11)26-17(27)8-16(21(26)28)29-20-14(10-23)18(12-6-7-12)13(9-22)19(24)25-20/h2-5,12,16H,6-8H2,1H3,(H2,24,25)/t16-/m0/s1.